The molecule has 0 bridgehead atoms. The molecule has 1 aromatic rings. The first-order valence-corrected chi connectivity index (χ1v) is 9.09. The lowest BCUT2D eigenvalue weighted by Crippen LogP contribution is -2.47. The fraction of sp³-hybridized carbons (Fsp3) is 0.722. The zero-order valence-corrected chi connectivity index (χ0v) is 14.8. The predicted molar refractivity (Wildman–Crippen MR) is 93.2 cm³/mol. The van der Waals surface area contributed by atoms with Gasteiger partial charge in [0, 0.05) is 39.0 Å². The molecule has 0 radical (unpaired) electrons. The van der Waals surface area contributed by atoms with Crippen LogP contribution in [0.4, 0.5) is 5.82 Å². The summed E-state index contributed by atoms with van der Waals surface area (Å²) in [6.07, 6.45) is 11.0. The molecule has 0 aromatic carbocycles. The van der Waals surface area contributed by atoms with Crippen molar-refractivity contribution in [3.8, 4) is 5.88 Å². The second kappa shape index (κ2) is 7.81. The minimum atomic E-state index is 0.00157. The van der Waals surface area contributed by atoms with Crippen molar-refractivity contribution in [2.75, 3.05) is 32.1 Å². The van der Waals surface area contributed by atoms with Gasteiger partial charge in [0.05, 0.1) is 6.54 Å². The van der Waals surface area contributed by atoms with E-state index in [2.05, 4.69) is 9.97 Å². The molecule has 1 saturated carbocycles. The number of aromatic nitrogens is 2. The number of piperidine rings is 1. The molecule has 2 heterocycles. The first-order chi connectivity index (χ1) is 11.6. The summed E-state index contributed by atoms with van der Waals surface area (Å²) in [4.78, 5) is 25.3. The predicted octanol–water partition coefficient (Wildman–Crippen LogP) is 2.49. The Bertz CT molecular complexity index is 558. The Labute approximate surface area is 144 Å². The first-order valence-electron chi connectivity index (χ1n) is 9.09. The molecule has 6 heteroatoms. The van der Waals surface area contributed by atoms with Crippen molar-refractivity contribution in [3.05, 3.63) is 12.4 Å². The van der Waals surface area contributed by atoms with Crippen molar-refractivity contribution >= 4 is 11.7 Å². The van der Waals surface area contributed by atoms with Crippen molar-refractivity contribution in [2.45, 2.75) is 51.0 Å². The number of anilines is 1. The van der Waals surface area contributed by atoms with Gasteiger partial charge < -0.3 is 14.5 Å². The SMILES string of the molecule is CN(C)c1nccnc1OC1CCCN(C(=O)C2CCCCC2)C1. The Morgan fingerprint density at radius 1 is 1.12 bits per heavy atom. The summed E-state index contributed by atoms with van der Waals surface area (Å²) in [5.74, 6) is 1.84. The third-order valence-electron chi connectivity index (χ3n) is 4.99. The summed E-state index contributed by atoms with van der Waals surface area (Å²) in [6, 6.07) is 0. The van der Waals surface area contributed by atoms with Crippen molar-refractivity contribution < 1.29 is 9.53 Å². The van der Waals surface area contributed by atoms with Crippen molar-refractivity contribution in [1.82, 2.24) is 14.9 Å². The van der Waals surface area contributed by atoms with Crippen LogP contribution in [0.5, 0.6) is 5.88 Å². The van der Waals surface area contributed by atoms with Crippen LogP contribution < -0.4 is 9.64 Å². The Balaban J connectivity index is 1.62. The second-order valence-corrected chi connectivity index (χ2v) is 7.08. The molecule has 1 amide bonds. The molecule has 1 atom stereocenters. The highest BCUT2D eigenvalue weighted by Gasteiger charge is 2.31. The highest BCUT2D eigenvalue weighted by atomic mass is 16.5. The molecule has 1 aliphatic heterocycles. The van der Waals surface area contributed by atoms with Crippen LogP contribution >= 0.6 is 0 Å². The summed E-state index contributed by atoms with van der Waals surface area (Å²) in [7, 11) is 3.85. The van der Waals surface area contributed by atoms with Gasteiger partial charge in [-0.2, -0.15) is 0 Å². The van der Waals surface area contributed by atoms with Gasteiger partial charge in [-0.15, -0.1) is 0 Å². The Morgan fingerprint density at radius 3 is 2.62 bits per heavy atom. The monoisotopic (exact) mass is 332 g/mol. The normalized spacial score (nSPS) is 22.2. The lowest BCUT2D eigenvalue weighted by Gasteiger charge is -2.36. The number of ether oxygens (including phenoxy) is 1. The van der Waals surface area contributed by atoms with Gasteiger partial charge in [0.25, 0.3) is 5.88 Å². The van der Waals surface area contributed by atoms with Crippen molar-refractivity contribution in [2.24, 2.45) is 5.92 Å². The van der Waals surface area contributed by atoms with Gasteiger partial charge in [0.1, 0.15) is 6.10 Å². The zero-order valence-electron chi connectivity index (χ0n) is 14.8. The molecule has 132 valence electrons. The Kier molecular flexibility index (Phi) is 5.53. The van der Waals surface area contributed by atoms with Crippen LogP contribution in [0.3, 0.4) is 0 Å². The minimum absolute atomic E-state index is 0.00157. The maximum atomic E-state index is 12.8. The maximum absolute atomic E-state index is 12.8. The summed E-state index contributed by atoms with van der Waals surface area (Å²) < 4.78 is 6.11. The zero-order chi connectivity index (χ0) is 16.9. The number of likely N-dealkylation sites (tertiary alicyclic amines) is 1. The van der Waals surface area contributed by atoms with Crippen LogP contribution in [-0.4, -0.2) is 54.1 Å². The van der Waals surface area contributed by atoms with Crippen molar-refractivity contribution in [3.63, 3.8) is 0 Å². The molecule has 6 nitrogen and oxygen atoms in total. The van der Waals surface area contributed by atoms with E-state index in [1.54, 1.807) is 12.4 Å². The van der Waals surface area contributed by atoms with E-state index in [1.165, 1.54) is 19.3 Å². The fourth-order valence-corrected chi connectivity index (χ4v) is 3.71. The van der Waals surface area contributed by atoms with Gasteiger partial charge in [-0.25, -0.2) is 9.97 Å². The van der Waals surface area contributed by atoms with Crippen LogP contribution in [0.2, 0.25) is 0 Å². The highest BCUT2D eigenvalue weighted by Crippen LogP contribution is 2.28. The van der Waals surface area contributed by atoms with E-state index in [1.807, 2.05) is 23.9 Å². The number of hydrogen-bond donors (Lipinski definition) is 0. The van der Waals surface area contributed by atoms with Crippen molar-refractivity contribution in [1.29, 1.82) is 0 Å². The van der Waals surface area contributed by atoms with Gasteiger partial charge >= 0.3 is 0 Å². The molecule has 1 unspecified atom stereocenters. The van der Waals surface area contributed by atoms with Crippen LogP contribution in [0.1, 0.15) is 44.9 Å². The van der Waals surface area contributed by atoms with E-state index in [0.29, 0.717) is 18.3 Å². The topological polar surface area (TPSA) is 58.6 Å². The van der Waals surface area contributed by atoms with E-state index >= 15 is 0 Å². The average molecular weight is 332 g/mol. The lowest BCUT2D eigenvalue weighted by atomic mass is 9.88. The largest absolute Gasteiger partial charge is 0.470 e. The van der Waals surface area contributed by atoms with Gasteiger partial charge in [0.2, 0.25) is 5.91 Å². The molecule has 0 N–H and O–H groups in total. The third-order valence-corrected chi connectivity index (χ3v) is 4.99. The number of hydrogen-bond acceptors (Lipinski definition) is 5. The van der Waals surface area contributed by atoms with Gasteiger partial charge in [-0.3, -0.25) is 4.79 Å². The number of rotatable bonds is 4. The van der Waals surface area contributed by atoms with Gasteiger partial charge in [-0.05, 0) is 25.7 Å². The minimum Gasteiger partial charge on any atom is -0.470 e. The van der Waals surface area contributed by atoms with Gasteiger partial charge in [-0.1, -0.05) is 19.3 Å². The lowest BCUT2D eigenvalue weighted by molar-refractivity contribution is -0.139. The molecule has 1 aliphatic carbocycles. The van der Waals surface area contributed by atoms with E-state index < -0.39 is 0 Å². The van der Waals surface area contributed by atoms with Crippen LogP contribution in [0, 0.1) is 5.92 Å². The van der Waals surface area contributed by atoms with E-state index in [-0.39, 0.29) is 12.0 Å². The highest BCUT2D eigenvalue weighted by molar-refractivity contribution is 5.79. The Morgan fingerprint density at radius 2 is 1.88 bits per heavy atom. The summed E-state index contributed by atoms with van der Waals surface area (Å²) >= 11 is 0. The number of nitrogens with zero attached hydrogens (tertiary/aromatic N) is 4. The number of carbonyl (C=O) groups excluding carboxylic acids is 1. The molecule has 2 fully saturated rings. The molecule has 24 heavy (non-hydrogen) atoms. The standard InChI is InChI=1S/C18H28N4O2/c1-21(2)16-17(20-11-10-19-16)24-15-9-6-12-22(13-15)18(23)14-7-4-3-5-8-14/h10-11,14-15H,3-9,12-13H2,1-2H3. The average Bonchev–Trinajstić information content (AvgIpc) is 2.62. The Hall–Kier alpha value is -1.85. The number of carbonyl (C=O) groups is 1. The quantitative estimate of drug-likeness (QED) is 0.848. The van der Waals surface area contributed by atoms with E-state index in [9.17, 15) is 4.79 Å². The fourth-order valence-electron chi connectivity index (χ4n) is 3.71. The summed E-state index contributed by atoms with van der Waals surface area (Å²) in [5, 5.41) is 0. The molecule has 1 aromatic heterocycles. The molecule has 2 aliphatic rings. The van der Waals surface area contributed by atoms with E-state index in [0.717, 1.165) is 38.0 Å². The molecule has 0 spiro atoms. The van der Waals surface area contributed by atoms with E-state index in [4.69, 9.17) is 4.74 Å². The smallest absolute Gasteiger partial charge is 0.257 e. The van der Waals surface area contributed by atoms with Crippen LogP contribution in [-0.2, 0) is 4.79 Å². The second-order valence-electron chi connectivity index (χ2n) is 7.08. The molecule has 1 saturated heterocycles. The van der Waals surface area contributed by atoms with Crippen LogP contribution in [0.15, 0.2) is 12.4 Å². The molecule has 3 rings (SSSR count). The molecular weight excluding hydrogens is 304 g/mol. The summed E-state index contributed by atoms with van der Waals surface area (Å²) in [6.45, 7) is 1.52. The van der Waals surface area contributed by atoms with Gasteiger partial charge in [0.15, 0.2) is 5.82 Å². The summed E-state index contributed by atoms with van der Waals surface area (Å²) in [5.41, 5.74) is 0. The third kappa shape index (κ3) is 3.97. The number of amides is 1. The first kappa shape index (κ1) is 17.0. The van der Waals surface area contributed by atoms with Crippen LogP contribution in [0.25, 0.3) is 0 Å². The maximum Gasteiger partial charge on any atom is 0.257 e. The molecular formula is C18H28N4O2.